The number of hydrogen-bond acceptors (Lipinski definition) is 4. The van der Waals surface area contributed by atoms with E-state index in [9.17, 15) is 0 Å². The molecule has 2 heterocycles. The topological polar surface area (TPSA) is 45.0 Å². The van der Waals surface area contributed by atoms with E-state index in [-0.39, 0.29) is 0 Å². The van der Waals surface area contributed by atoms with Gasteiger partial charge in [0.2, 0.25) is 0 Å². The van der Waals surface area contributed by atoms with Crippen molar-refractivity contribution in [2.45, 2.75) is 26.3 Å². The summed E-state index contributed by atoms with van der Waals surface area (Å²) in [5.41, 5.74) is 0.369. The molecule has 1 saturated heterocycles. The first kappa shape index (κ1) is 12.6. The lowest BCUT2D eigenvalue weighted by Gasteiger charge is -2.33. The minimum atomic E-state index is 0.369. The summed E-state index contributed by atoms with van der Waals surface area (Å²) in [6, 6.07) is 6.09. The van der Waals surface area contributed by atoms with Crippen LogP contribution in [-0.4, -0.2) is 19.8 Å². The number of ether oxygens (including phenoxy) is 1. The molecule has 0 unspecified atom stereocenters. The highest BCUT2D eigenvalue weighted by atomic mass is 32.1. The first-order valence-electron chi connectivity index (χ1n) is 5.99. The predicted octanol–water partition coefficient (Wildman–Crippen LogP) is 2.53. The van der Waals surface area contributed by atoms with Crippen LogP contribution in [0.2, 0.25) is 0 Å². The smallest absolute Gasteiger partial charge is 0.110 e. The van der Waals surface area contributed by atoms with Crippen LogP contribution in [0.4, 0.5) is 0 Å². The van der Waals surface area contributed by atoms with Gasteiger partial charge in [0, 0.05) is 31.2 Å². The van der Waals surface area contributed by atoms with E-state index in [0.29, 0.717) is 5.41 Å². The molecule has 0 amide bonds. The third kappa shape index (κ3) is 3.53. The quantitative estimate of drug-likeness (QED) is 0.893. The number of nitrogens with one attached hydrogen (secondary N) is 1. The second-order valence-corrected chi connectivity index (χ2v) is 6.07. The molecule has 0 radical (unpaired) electrons. The van der Waals surface area contributed by atoms with Crippen LogP contribution >= 0.6 is 11.3 Å². The lowest BCUT2D eigenvalue weighted by molar-refractivity contribution is 0.0240. The van der Waals surface area contributed by atoms with Gasteiger partial charge in [-0.05, 0) is 30.4 Å². The molecule has 1 N–H and O–H groups in total. The van der Waals surface area contributed by atoms with Crippen LogP contribution in [0.1, 0.15) is 29.5 Å². The summed E-state index contributed by atoms with van der Waals surface area (Å²) in [5, 5.41) is 12.2. The van der Waals surface area contributed by atoms with Gasteiger partial charge in [0.15, 0.2) is 0 Å². The first-order chi connectivity index (χ1) is 8.22. The normalized spacial score (nSPS) is 18.8. The Morgan fingerprint density at radius 3 is 2.88 bits per heavy atom. The van der Waals surface area contributed by atoms with E-state index in [1.54, 1.807) is 11.3 Å². The maximum Gasteiger partial charge on any atom is 0.110 e. The van der Waals surface area contributed by atoms with Gasteiger partial charge >= 0.3 is 0 Å². The molecule has 0 saturated carbocycles. The van der Waals surface area contributed by atoms with E-state index in [1.165, 1.54) is 4.88 Å². The van der Waals surface area contributed by atoms with Gasteiger partial charge in [0.25, 0.3) is 0 Å². The maximum atomic E-state index is 8.75. The molecule has 1 aromatic heterocycles. The van der Waals surface area contributed by atoms with Crippen molar-refractivity contribution in [3.05, 3.63) is 21.9 Å². The molecule has 0 bridgehead atoms. The molecule has 0 aromatic carbocycles. The highest BCUT2D eigenvalue weighted by molar-refractivity contribution is 7.12. The Bertz CT molecular complexity index is 402. The fourth-order valence-electron chi connectivity index (χ4n) is 2.06. The zero-order chi connectivity index (χ0) is 12.1. The zero-order valence-corrected chi connectivity index (χ0v) is 11.0. The number of hydrogen-bond donors (Lipinski definition) is 1. The van der Waals surface area contributed by atoms with Crippen molar-refractivity contribution in [1.82, 2.24) is 5.32 Å². The largest absolute Gasteiger partial charge is 0.381 e. The van der Waals surface area contributed by atoms with Crippen molar-refractivity contribution in [3.8, 4) is 6.07 Å². The Balaban J connectivity index is 1.77. The third-order valence-electron chi connectivity index (χ3n) is 3.32. The fraction of sp³-hybridized carbons (Fsp3) is 0.615. The molecule has 92 valence electrons. The molecule has 1 aliphatic heterocycles. The fourth-order valence-corrected chi connectivity index (χ4v) is 2.84. The number of thiophene rings is 1. The van der Waals surface area contributed by atoms with E-state index in [2.05, 4.69) is 18.3 Å². The van der Waals surface area contributed by atoms with E-state index in [4.69, 9.17) is 10.00 Å². The van der Waals surface area contributed by atoms with Gasteiger partial charge in [-0.3, -0.25) is 0 Å². The van der Waals surface area contributed by atoms with Gasteiger partial charge < -0.3 is 10.1 Å². The lowest BCUT2D eigenvalue weighted by atomic mass is 9.82. The van der Waals surface area contributed by atoms with Crippen LogP contribution in [0.5, 0.6) is 0 Å². The van der Waals surface area contributed by atoms with Crippen molar-refractivity contribution in [2.24, 2.45) is 5.41 Å². The van der Waals surface area contributed by atoms with E-state index >= 15 is 0 Å². The molecule has 3 nitrogen and oxygen atoms in total. The van der Waals surface area contributed by atoms with Crippen LogP contribution < -0.4 is 5.32 Å². The molecule has 1 aliphatic rings. The second kappa shape index (κ2) is 5.63. The maximum absolute atomic E-state index is 8.75. The van der Waals surface area contributed by atoms with Crippen molar-refractivity contribution < 1.29 is 4.74 Å². The molecule has 1 fully saturated rings. The minimum Gasteiger partial charge on any atom is -0.381 e. The highest BCUT2D eigenvalue weighted by Crippen LogP contribution is 2.28. The van der Waals surface area contributed by atoms with Crippen LogP contribution in [0.25, 0.3) is 0 Å². The van der Waals surface area contributed by atoms with Crippen LogP contribution in [-0.2, 0) is 11.3 Å². The van der Waals surface area contributed by atoms with Gasteiger partial charge in [-0.1, -0.05) is 6.92 Å². The van der Waals surface area contributed by atoms with E-state index < -0.39 is 0 Å². The predicted molar refractivity (Wildman–Crippen MR) is 68.9 cm³/mol. The summed E-state index contributed by atoms with van der Waals surface area (Å²) in [5.74, 6) is 0. The Labute approximate surface area is 106 Å². The molecule has 0 spiro atoms. The summed E-state index contributed by atoms with van der Waals surface area (Å²) in [6.07, 6.45) is 2.27. The molecule has 2 rings (SSSR count). The third-order valence-corrected chi connectivity index (χ3v) is 4.31. The molecule has 4 heteroatoms. The summed E-state index contributed by atoms with van der Waals surface area (Å²) in [4.78, 5) is 2.02. The monoisotopic (exact) mass is 250 g/mol. The average molecular weight is 250 g/mol. The van der Waals surface area contributed by atoms with Crippen molar-refractivity contribution in [1.29, 1.82) is 5.26 Å². The summed E-state index contributed by atoms with van der Waals surface area (Å²) >= 11 is 1.57. The number of nitriles is 1. The van der Waals surface area contributed by atoms with Crippen LogP contribution in [0, 0.1) is 16.7 Å². The highest BCUT2D eigenvalue weighted by Gasteiger charge is 2.26. The molecule has 0 aliphatic carbocycles. The van der Waals surface area contributed by atoms with Gasteiger partial charge in [-0.2, -0.15) is 5.26 Å². The average Bonchev–Trinajstić information content (AvgIpc) is 2.78. The Kier molecular flexibility index (Phi) is 4.16. The van der Waals surface area contributed by atoms with E-state index in [1.807, 2.05) is 12.1 Å². The van der Waals surface area contributed by atoms with Gasteiger partial charge in [0.1, 0.15) is 10.9 Å². The molecule has 1 aromatic rings. The van der Waals surface area contributed by atoms with Crippen molar-refractivity contribution in [3.63, 3.8) is 0 Å². The van der Waals surface area contributed by atoms with Crippen molar-refractivity contribution in [2.75, 3.05) is 19.8 Å². The Morgan fingerprint density at radius 1 is 1.47 bits per heavy atom. The SMILES string of the molecule is CC1(CNCc2ccc(C#N)s2)CCOCC1. The second-order valence-electron chi connectivity index (χ2n) is 4.90. The molecular weight excluding hydrogens is 232 g/mol. The summed E-state index contributed by atoms with van der Waals surface area (Å²) in [7, 11) is 0. The Morgan fingerprint density at radius 2 is 2.24 bits per heavy atom. The van der Waals surface area contributed by atoms with Gasteiger partial charge in [-0.25, -0.2) is 0 Å². The van der Waals surface area contributed by atoms with Gasteiger partial charge in [-0.15, -0.1) is 11.3 Å². The molecular formula is C13H18N2OS. The van der Waals surface area contributed by atoms with Crippen LogP contribution in [0.15, 0.2) is 12.1 Å². The van der Waals surface area contributed by atoms with Crippen LogP contribution in [0.3, 0.4) is 0 Å². The summed E-state index contributed by atoms with van der Waals surface area (Å²) in [6.45, 7) is 5.97. The zero-order valence-electron chi connectivity index (χ0n) is 10.2. The summed E-state index contributed by atoms with van der Waals surface area (Å²) < 4.78 is 5.39. The first-order valence-corrected chi connectivity index (χ1v) is 6.81. The minimum absolute atomic E-state index is 0.369. The van der Waals surface area contributed by atoms with Crippen molar-refractivity contribution >= 4 is 11.3 Å². The molecule has 0 atom stereocenters. The standard InChI is InChI=1S/C13H18N2OS/c1-13(4-6-16-7-5-13)10-15-9-12-3-2-11(8-14)17-12/h2-3,15H,4-7,9-10H2,1H3. The number of nitrogens with zero attached hydrogens (tertiary/aromatic N) is 1. The number of rotatable bonds is 4. The molecule has 17 heavy (non-hydrogen) atoms. The van der Waals surface area contributed by atoms with Gasteiger partial charge in [0.05, 0.1) is 0 Å². The Hall–Kier alpha value is -0.890. The lowest BCUT2D eigenvalue weighted by Crippen LogP contribution is -2.36. The van der Waals surface area contributed by atoms with E-state index in [0.717, 1.165) is 44.0 Å².